The molecule has 1 saturated carbocycles. The lowest BCUT2D eigenvalue weighted by Gasteiger charge is -2.46. The van der Waals surface area contributed by atoms with Crippen LogP contribution in [0.5, 0.6) is 0 Å². The molecule has 5 heteroatoms. The smallest absolute Gasteiger partial charge is 0.316 e. The maximum atomic E-state index is 13.0. The molecule has 1 aromatic heterocycles. The lowest BCUT2D eigenvalue weighted by molar-refractivity contribution is -0.152. The highest BCUT2D eigenvalue weighted by Crippen LogP contribution is 2.42. The van der Waals surface area contributed by atoms with Gasteiger partial charge in [0.2, 0.25) is 0 Å². The number of likely N-dealkylation sites (tertiary alicyclic amines) is 1. The molecule has 1 aliphatic heterocycles. The van der Waals surface area contributed by atoms with Gasteiger partial charge in [0.05, 0.1) is 29.2 Å². The van der Waals surface area contributed by atoms with Crippen molar-refractivity contribution < 1.29 is 9.53 Å². The van der Waals surface area contributed by atoms with Crippen molar-refractivity contribution in [1.82, 2.24) is 9.88 Å². The van der Waals surface area contributed by atoms with Crippen LogP contribution in [-0.4, -0.2) is 41.6 Å². The average Bonchev–Trinajstić information content (AvgIpc) is 2.85. The fourth-order valence-corrected chi connectivity index (χ4v) is 5.44. The van der Waals surface area contributed by atoms with E-state index in [0.717, 1.165) is 62.9 Å². The Hall–Kier alpha value is -2.71. The minimum Gasteiger partial charge on any atom is -0.465 e. The van der Waals surface area contributed by atoms with Crippen molar-refractivity contribution in [2.75, 3.05) is 19.7 Å². The number of hydrogen-bond acceptors (Lipinski definition) is 5. The Balaban J connectivity index is 1.44. The molecule has 1 aromatic carbocycles. The summed E-state index contributed by atoms with van der Waals surface area (Å²) in [7, 11) is 0. The molecule has 2 aliphatic rings. The highest BCUT2D eigenvalue weighted by Gasteiger charge is 2.46. The number of benzene rings is 1. The van der Waals surface area contributed by atoms with Crippen LogP contribution in [0.2, 0.25) is 0 Å². The second kappa shape index (κ2) is 9.20. The van der Waals surface area contributed by atoms with Crippen molar-refractivity contribution in [1.29, 1.82) is 5.26 Å². The van der Waals surface area contributed by atoms with Crippen LogP contribution in [0.25, 0.3) is 0 Å². The van der Waals surface area contributed by atoms with Crippen LogP contribution in [0.4, 0.5) is 0 Å². The minimum atomic E-state index is -0.549. The maximum Gasteiger partial charge on any atom is 0.316 e. The van der Waals surface area contributed by atoms with E-state index in [9.17, 15) is 10.1 Å². The Labute approximate surface area is 185 Å². The molecule has 0 amide bonds. The van der Waals surface area contributed by atoms with Gasteiger partial charge < -0.3 is 9.64 Å². The molecule has 4 rings (SSSR count). The molecule has 2 heterocycles. The molecular formula is C26H31N3O2. The topological polar surface area (TPSA) is 66.2 Å². The SMILES string of the molecule is CCOC(=O)C1(c2ccccc2)CCN(C2CCC(C#N)(c3ccccn3)CC2)CC1. The van der Waals surface area contributed by atoms with Crippen LogP contribution >= 0.6 is 0 Å². The summed E-state index contributed by atoms with van der Waals surface area (Å²) in [5.41, 5.74) is 0.953. The van der Waals surface area contributed by atoms with Crippen molar-refractivity contribution in [2.45, 2.75) is 62.3 Å². The van der Waals surface area contributed by atoms with E-state index in [1.54, 1.807) is 6.20 Å². The lowest BCUT2D eigenvalue weighted by Crippen LogP contribution is -2.52. The molecule has 0 spiro atoms. The van der Waals surface area contributed by atoms with Crippen molar-refractivity contribution in [2.24, 2.45) is 0 Å². The summed E-state index contributed by atoms with van der Waals surface area (Å²) in [5, 5.41) is 9.94. The van der Waals surface area contributed by atoms with Gasteiger partial charge in [-0.2, -0.15) is 5.26 Å². The largest absolute Gasteiger partial charge is 0.465 e. The van der Waals surface area contributed by atoms with E-state index in [-0.39, 0.29) is 5.97 Å². The predicted octanol–water partition coefficient (Wildman–Crippen LogP) is 4.38. The zero-order chi connectivity index (χ0) is 21.7. The van der Waals surface area contributed by atoms with Gasteiger partial charge in [0.1, 0.15) is 0 Å². The molecule has 5 nitrogen and oxygen atoms in total. The van der Waals surface area contributed by atoms with Gasteiger partial charge in [0.25, 0.3) is 0 Å². The molecule has 0 radical (unpaired) electrons. The standard InChI is InChI=1S/C26H31N3O2/c1-2-31-24(30)26(21-8-4-3-5-9-21)15-18-29(19-16-26)22-11-13-25(20-27,14-12-22)23-10-6-7-17-28-23/h3-10,17,22H,2,11-16,18-19H2,1H3. The van der Waals surface area contributed by atoms with E-state index in [1.807, 2.05) is 43.3 Å². The Morgan fingerprint density at radius 1 is 1.10 bits per heavy atom. The summed E-state index contributed by atoms with van der Waals surface area (Å²) in [6.07, 6.45) is 6.98. The molecule has 162 valence electrons. The van der Waals surface area contributed by atoms with Gasteiger partial charge in [-0.05, 0) is 76.2 Å². The molecule has 2 fully saturated rings. The first-order valence-electron chi connectivity index (χ1n) is 11.4. The summed E-state index contributed by atoms with van der Waals surface area (Å²) in [4.78, 5) is 20.0. The summed E-state index contributed by atoms with van der Waals surface area (Å²) in [6.45, 7) is 4.03. The number of carbonyl (C=O) groups excluding carboxylic acids is 1. The second-order valence-corrected chi connectivity index (χ2v) is 8.84. The third-order valence-electron chi connectivity index (χ3n) is 7.34. The van der Waals surface area contributed by atoms with E-state index in [2.05, 4.69) is 28.1 Å². The Bertz CT molecular complexity index is 907. The molecule has 0 unspecified atom stereocenters. The van der Waals surface area contributed by atoms with E-state index >= 15 is 0 Å². The normalized spacial score (nSPS) is 26.0. The molecular weight excluding hydrogens is 386 g/mol. The van der Waals surface area contributed by atoms with Crippen molar-refractivity contribution >= 4 is 5.97 Å². The van der Waals surface area contributed by atoms with Crippen molar-refractivity contribution in [3.05, 3.63) is 66.0 Å². The molecule has 0 bridgehead atoms. The summed E-state index contributed by atoms with van der Waals surface area (Å²) < 4.78 is 5.51. The zero-order valence-corrected chi connectivity index (χ0v) is 18.3. The summed E-state index contributed by atoms with van der Waals surface area (Å²) in [6, 6.07) is 19.0. The number of nitriles is 1. The molecule has 2 aromatic rings. The third kappa shape index (κ3) is 4.09. The number of rotatable bonds is 5. The van der Waals surface area contributed by atoms with Crippen LogP contribution in [0.3, 0.4) is 0 Å². The number of nitrogens with zero attached hydrogens (tertiary/aromatic N) is 3. The summed E-state index contributed by atoms with van der Waals surface area (Å²) >= 11 is 0. The van der Waals surface area contributed by atoms with Gasteiger partial charge in [0.15, 0.2) is 0 Å². The Morgan fingerprint density at radius 2 is 1.77 bits per heavy atom. The van der Waals surface area contributed by atoms with E-state index in [0.29, 0.717) is 12.6 Å². The predicted molar refractivity (Wildman–Crippen MR) is 119 cm³/mol. The lowest BCUT2D eigenvalue weighted by atomic mass is 9.69. The number of pyridine rings is 1. The Kier molecular flexibility index (Phi) is 6.38. The highest BCUT2D eigenvalue weighted by atomic mass is 16.5. The van der Waals surface area contributed by atoms with Gasteiger partial charge >= 0.3 is 5.97 Å². The monoisotopic (exact) mass is 417 g/mol. The Morgan fingerprint density at radius 3 is 2.35 bits per heavy atom. The van der Waals surface area contributed by atoms with Crippen LogP contribution < -0.4 is 0 Å². The van der Waals surface area contributed by atoms with Gasteiger partial charge in [-0.3, -0.25) is 9.78 Å². The fraction of sp³-hybridized carbons (Fsp3) is 0.500. The third-order valence-corrected chi connectivity index (χ3v) is 7.34. The molecule has 1 saturated heterocycles. The molecule has 0 N–H and O–H groups in total. The summed E-state index contributed by atoms with van der Waals surface area (Å²) in [5.74, 6) is -0.0943. The second-order valence-electron chi connectivity index (χ2n) is 8.84. The zero-order valence-electron chi connectivity index (χ0n) is 18.3. The number of esters is 1. The first kappa shape index (κ1) is 21.5. The number of carbonyl (C=O) groups is 1. The minimum absolute atomic E-state index is 0.0943. The van der Waals surface area contributed by atoms with Crippen LogP contribution in [0.15, 0.2) is 54.7 Å². The van der Waals surface area contributed by atoms with E-state index < -0.39 is 10.8 Å². The maximum absolute atomic E-state index is 13.0. The van der Waals surface area contributed by atoms with Gasteiger partial charge in [-0.1, -0.05) is 36.4 Å². The van der Waals surface area contributed by atoms with Gasteiger partial charge in [-0.15, -0.1) is 0 Å². The van der Waals surface area contributed by atoms with Gasteiger partial charge in [0, 0.05) is 12.2 Å². The first-order chi connectivity index (χ1) is 15.1. The highest BCUT2D eigenvalue weighted by molar-refractivity contribution is 5.83. The van der Waals surface area contributed by atoms with Crippen molar-refractivity contribution in [3.63, 3.8) is 0 Å². The van der Waals surface area contributed by atoms with E-state index in [1.165, 1.54) is 0 Å². The van der Waals surface area contributed by atoms with Crippen LogP contribution in [0, 0.1) is 11.3 Å². The average molecular weight is 418 g/mol. The number of piperidine rings is 1. The molecule has 1 aliphatic carbocycles. The van der Waals surface area contributed by atoms with Crippen LogP contribution in [0.1, 0.15) is 56.7 Å². The van der Waals surface area contributed by atoms with E-state index in [4.69, 9.17) is 4.74 Å². The van der Waals surface area contributed by atoms with Gasteiger partial charge in [-0.25, -0.2) is 0 Å². The van der Waals surface area contributed by atoms with Crippen LogP contribution in [-0.2, 0) is 20.4 Å². The number of aromatic nitrogens is 1. The fourth-order valence-electron chi connectivity index (χ4n) is 5.44. The number of hydrogen-bond donors (Lipinski definition) is 0. The first-order valence-corrected chi connectivity index (χ1v) is 11.4. The van der Waals surface area contributed by atoms with Crippen molar-refractivity contribution in [3.8, 4) is 6.07 Å². The molecule has 31 heavy (non-hydrogen) atoms. The number of ether oxygens (including phenoxy) is 1. The molecule has 0 atom stereocenters. The quantitative estimate of drug-likeness (QED) is 0.676.